The highest BCUT2D eigenvalue weighted by atomic mass is 15.3. The first-order chi connectivity index (χ1) is 9.54. The third-order valence-corrected chi connectivity index (χ3v) is 5.39. The summed E-state index contributed by atoms with van der Waals surface area (Å²) in [4.78, 5) is 5.28. The van der Waals surface area contributed by atoms with Crippen LogP contribution in [0.15, 0.2) is 0 Å². The van der Waals surface area contributed by atoms with Crippen molar-refractivity contribution >= 4 is 0 Å². The van der Waals surface area contributed by atoms with Gasteiger partial charge in [0.25, 0.3) is 0 Å². The van der Waals surface area contributed by atoms with Gasteiger partial charge in [-0.05, 0) is 43.7 Å². The molecule has 0 radical (unpaired) electrons. The molecule has 0 spiro atoms. The molecule has 0 amide bonds. The van der Waals surface area contributed by atoms with Gasteiger partial charge in [-0.1, -0.05) is 27.7 Å². The van der Waals surface area contributed by atoms with Gasteiger partial charge in [0.05, 0.1) is 0 Å². The Hall–Kier alpha value is -0.120. The predicted molar refractivity (Wildman–Crippen MR) is 87.1 cm³/mol. The fourth-order valence-corrected chi connectivity index (χ4v) is 4.08. The molecule has 0 aromatic heterocycles. The summed E-state index contributed by atoms with van der Waals surface area (Å²) in [6, 6.07) is 0.747. The smallest absolute Gasteiger partial charge is 0.0110 e. The minimum absolute atomic E-state index is 0.543. The van der Waals surface area contributed by atoms with Gasteiger partial charge in [-0.3, -0.25) is 0 Å². The summed E-state index contributed by atoms with van der Waals surface area (Å²) in [5.74, 6) is 0.840. The highest BCUT2D eigenvalue weighted by Crippen LogP contribution is 2.39. The van der Waals surface area contributed by atoms with E-state index in [0.29, 0.717) is 5.41 Å². The SMILES string of the molecule is CCNC1CCC(C)(C)CC1CN1CCN(CC)CC1. The molecule has 2 unspecified atom stereocenters. The van der Waals surface area contributed by atoms with Gasteiger partial charge >= 0.3 is 0 Å². The van der Waals surface area contributed by atoms with Crippen LogP contribution in [0, 0.1) is 11.3 Å². The second kappa shape index (κ2) is 7.24. The monoisotopic (exact) mass is 281 g/mol. The lowest BCUT2D eigenvalue weighted by Gasteiger charge is -2.44. The number of piperazine rings is 1. The quantitative estimate of drug-likeness (QED) is 0.835. The van der Waals surface area contributed by atoms with Crippen LogP contribution in [0.3, 0.4) is 0 Å². The van der Waals surface area contributed by atoms with Gasteiger partial charge in [-0.15, -0.1) is 0 Å². The molecule has 20 heavy (non-hydrogen) atoms. The first-order valence-electron chi connectivity index (χ1n) is 8.72. The third kappa shape index (κ3) is 4.44. The number of hydrogen-bond acceptors (Lipinski definition) is 3. The Kier molecular flexibility index (Phi) is 5.88. The highest BCUT2D eigenvalue weighted by Gasteiger charge is 2.35. The Balaban J connectivity index is 1.87. The molecule has 0 aromatic carbocycles. The lowest BCUT2D eigenvalue weighted by Crippen LogP contribution is -2.52. The molecule has 3 nitrogen and oxygen atoms in total. The summed E-state index contributed by atoms with van der Waals surface area (Å²) in [5.41, 5.74) is 0.543. The molecule has 1 aliphatic heterocycles. The largest absolute Gasteiger partial charge is 0.314 e. The normalized spacial score (nSPS) is 32.4. The van der Waals surface area contributed by atoms with Crippen molar-refractivity contribution in [3.8, 4) is 0 Å². The first kappa shape index (κ1) is 16.3. The van der Waals surface area contributed by atoms with Crippen LogP contribution in [0.25, 0.3) is 0 Å². The summed E-state index contributed by atoms with van der Waals surface area (Å²) >= 11 is 0. The third-order valence-electron chi connectivity index (χ3n) is 5.39. The van der Waals surface area contributed by atoms with Crippen molar-refractivity contribution in [3.05, 3.63) is 0 Å². The first-order valence-corrected chi connectivity index (χ1v) is 8.72. The van der Waals surface area contributed by atoms with Crippen molar-refractivity contribution < 1.29 is 0 Å². The molecular formula is C17H35N3. The Morgan fingerprint density at radius 2 is 1.70 bits per heavy atom. The van der Waals surface area contributed by atoms with E-state index >= 15 is 0 Å². The molecule has 1 saturated carbocycles. The van der Waals surface area contributed by atoms with Gasteiger partial charge in [0, 0.05) is 38.8 Å². The second-order valence-corrected chi connectivity index (χ2v) is 7.57. The zero-order valence-corrected chi connectivity index (χ0v) is 14.1. The molecule has 2 aliphatic rings. The van der Waals surface area contributed by atoms with E-state index in [1.54, 1.807) is 0 Å². The second-order valence-electron chi connectivity index (χ2n) is 7.57. The Bertz CT molecular complexity index is 282. The molecule has 3 heteroatoms. The summed E-state index contributed by atoms with van der Waals surface area (Å²) in [6.45, 7) is 18.1. The molecule has 0 aromatic rings. The van der Waals surface area contributed by atoms with E-state index < -0.39 is 0 Å². The van der Waals surface area contributed by atoms with E-state index in [1.807, 2.05) is 0 Å². The number of hydrogen-bond donors (Lipinski definition) is 1. The maximum Gasteiger partial charge on any atom is 0.0110 e. The van der Waals surface area contributed by atoms with Crippen molar-refractivity contribution in [2.75, 3.05) is 45.8 Å². The zero-order chi connectivity index (χ0) is 14.6. The van der Waals surface area contributed by atoms with Crippen LogP contribution in [0.4, 0.5) is 0 Å². The summed E-state index contributed by atoms with van der Waals surface area (Å²) in [7, 11) is 0. The van der Waals surface area contributed by atoms with Gasteiger partial charge in [-0.25, -0.2) is 0 Å². The minimum Gasteiger partial charge on any atom is -0.314 e. The lowest BCUT2D eigenvalue weighted by atomic mass is 9.69. The molecule has 1 aliphatic carbocycles. The maximum atomic E-state index is 3.74. The van der Waals surface area contributed by atoms with Crippen LogP contribution >= 0.6 is 0 Å². The zero-order valence-electron chi connectivity index (χ0n) is 14.1. The number of likely N-dealkylation sites (N-methyl/N-ethyl adjacent to an activating group) is 1. The number of rotatable bonds is 5. The van der Waals surface area contributed by atoms with E-state index in [0.717, 1.165) is 18.5 Å². The number of nitrogens with zero attached hydrogens (tertiary/aromatic N) is 2. The summed E-state index contributed by atoms with van der Waals surface area (Å²) in [6.07, 6.45) is 4.13. The van der Waals surface area contributed by atoms with Crippen molar-refractivity contribution in [2.24, 2.45) is 11.3 Å². The Morgan fingerprint density at radius 3 is 2.30 bits per heavy atom. The number of nitrogens with one attached hydrogen (secondary N) is 1. The topological polar surface area (TPSA) is 18.5 Å². The van der Waals surface area contributed by atoms with Gasteiger partial charge in [0.2, 0.25) is 0 Å². The predicted octanol–water partition coefficient (Wildman–Crippen LogP) is 2.43. The van der Waals surface area contributed by atoms with Gasteiger partial charge < -0.3 is 15.1 Å². The van der Waals surface area contributed by atoms with Crippen LogP contribution in [-0.4, -0.2) is 61.7 Å². The van der Waals surface area contributed by atoms with E-state index in [2.05, 4.69) is 42.8 Å². The Morgan fingerprint density at radius 1 is 1.05 bits per heavy atom. The van der Waals surface area contributed by atoms with Crippen molar-refractivity contribution in [1.82, 2.24) is 15.1 Å². The fraction of sp³-hybridized carbons (Fsp3) is 1.00. The van der Waals surface area contributed by atoms with Crippen LogP contribution in [0.5, 0.6) is 0 Å². The van der Waals surface area contributed by atoms with Gasteiger partial charge in [0.1, 0.15) is 0 Å². The molecule has 2 fully saturated rings. The van der Waals surface area contributed by atoms with Crippen LogP contribution < -0.4 is 5.32 Å². The summed E-state index contributed by atoms with van der Waals surface area (Å²) < 4.78 is 0. The van der Waals surface area contributed by atoms with E-state index in [1.165, 1.54) is 58.5 Å². The molecule has 118 valence electrons. The lowest BCUT2D eigenvalue weighted by molar-refractivity contribution is 0.0720. The van der Waals surface area contributed by atoms with Crippen LogP contribution in [0.1, 0.15) is 47.0 Å². The van der Waals surface area contributed by atoms with Gasteiger partial charge in [0.15, 0.2) is 0 Å². The average molecular weight is 281 g/mol. The van der Waals surface area contributed by atoms with Gasteiger partial charge in [-0.2, -0.15) is 0 Å². The maximum absolute atomic E-state index is 3.74. The fourth-order valence-electron chi connectivity index (χ4n) is 4.08. The van der Waals surface area contributed by atoms with Crippen molar-refractivity contribution in [2.45, 2.75) is 53.0 Å². The molecule has 2 atom stereocenters. The van der Waals surface area contributed by atoms with Crippen LogP contribution in [0.2, 0.25) is 0 Å². The Labute approximate surface area is 126 Å². The summed E-state index contributed by atoms with van der Waals surface area (Å²) in [5, 5.41) is 3.74. The standard InChI is InChI=1S/C17H35N3/c1-5-18-16-7-8-17(3,4)13-15(16)14-20-11-9-19(6-2)10-12-20/h15-16,18H,5-14H2,1-4H3. The highest BCUT2D eigenvalue weighted by molar-refractivity contribution is 4.90. The van der Waals surface area contributed by atoms with Crippen molar-refractivity contribution in [1.29, 1.82) is 0 Å². The molecule has 1 saturated heterocycles. The van der Waals surface area contributed by atoms with Crippen molar-refractivity contribution in [3.63, 3.8) is 0 Å². The minimum atomic E-state index is 0.543. The molecule has 2 rings (SSSR count). The molecular weight excluding hydrogens is 246 g/mol. The average Bonchev–Trinajstić information content (AvgIpc) is 2.42. The van der Waals surface area contributed by atoms with E-state index in [9.17, 15) is 0 Å². The molecule has 1 N–H and O–H groups in total. The van der Waals surface area contributed by atoms with Crippen LogP contribution in [-0.2, 0) is 0 Å². The molecule has 1 heterocycles. The van der Waals surface area contributed by atoms with E-state index in [4.69, 9.17) is 0 Å². The van der Waals surface area contributed by atoms with E-state index in [-0.39, 0.29) is 0 Å². The molecule has 0 bridgehead atoms.